The van der Waals surface area contributed by atoms with Crippen LogP contribution in [0.5, 0.6) is 5.75 Å². The van der Waals surface area contributed by atoms with Crippen molar-refractivity contribution in [3.63, 3.8) is 0 Å². The number of rotatable bonds is 5. The molecule has 1 aromatic carbocycles. The van der Waals surface area contributed by atoms with Crippen LogP contribution in [0.1, 0.15) is 0 Å². The van der Waals surface area contributed by atoms with Gasteiger partial charge in [-0.1, -0.05) is 6.07 Å². The lowest BCUT2D eigenvalue weighted by molar-refractivity contribution is -0.153. The van der Waals surface area contributed by atoms with Gasteiger partial charge in [0.2, 0.25) is 0 Å². The molecule has 2 aromatic rings. The average Bonchev–Trinajstić information content (AvgIpc) is 2.86. The van der Waals surface area contributed by atoms with Crippen LogP contribution in [0.3, 0.4) is 0 Å². The van der Waals surface area contributed by atoms with Crippen LogP contribution in [-0.2, 0) is 6.54 Å². The Morgan fingerprint density at radius 2 is 2.00 bits per heavy atom. The van der Waals surface area contributed by atoms with Gasteiger partial charge in [-0.3, -0.25) is 4.68 Å². The second kappa shape index (κ2) is 6.13. The Morgan fingerprint density at radius 1 is 1.24 bits per heavy atom. The molecule has 0 spiro atoms. The molecule has 0 saturated heterocycles. The second-order valence-electron chi connectivity index (χ2n) is 4.33. The number of ether oxygens (including phenoxy) is 1. The smallest absolute Gasteiger partial charge is 0.422 e. The van der Waals surface area contributed by atoms with Crippen LogP contribution in [0.25, 0.3) is 11.1 Å². The normalized spacial score (nSPS) is 11.7. The number of nitrogens with zero attached hydrogens (tertiary/aromatic N) is 2. The molecular formula is C13H13F4N3O. The molecule has 0 bridgehead atoms. The van der Waals surface area contributed by atoms with Crippen LogP contribution in [0.2, 0.25) is 0 Å². The standard InChI is InChI=1S/C13H13F4N3O/c14-11-2-1-9(5-12(11)21-8-13(15,16)17)10-6-19-20(7-10)4-3-18/h1-2,5-7H,3-4,8,18H2. The lowest BCUT2D eigenvalue weighted by Crippen LogP contribution is -2.19. The maximum absolute atomic E-state index is 13.5. The topological polar surface area (TPSA) is 53.1 Å². The summed E-state index contributed by atoms with van der Waals surface area (Å²) in [7, 11) is 0. The van der Waals surface area contributed by atoms with Gasteiger partial charge < -0.3 is 10.5 Å². The van der Waals surface area contributed by atoms with Crippen LogP contribution < -0.4 is 10.5 Å². The van der Waals surface area contributed by atoms with Crippen molar-refractivity contribution >= 4 is 0 Å². The van der Waals surface area contributed by atoms with Crippen LogP contribution in [-0.4, -0.2) is 29.1 Å². The molecule has 21 heavy (non-hydrogen) atoms. The minimum Gasteiger partial charge on any atom is -0.481 e. The maximum Gasteiger partial charge on any atom is 0.422 e. The Hall–Kier alpha value is -2.09. The van der Waals surface area contributed by atoms with E-state index >= 15 is 0 Å². The highest BCUT2D eigenvalue weighted by Crippen LogP contribution is 2.27. The van der Waals surface area contributed by atoms with Crippen molar-refractivity contribution in [2.24, 2.45) is 5.73 Å². The minimum absolute atomic E-state index is 0.407. The Balaban J connectivity index is 2.20. The van der Waals surface area contributed by atoms with E-state index in [-0.39, 0.29) is 0 Å². The van der Waals surface area contributed by atoms with Crippen molar-refractivity contribution in [2.75, 3.05) is 13.2 Å². The Morgan fingerprint density at radius 3 is 2.67 bits per heavy atom. The molecule has 114 valence electrons. The summed E-state index contributed by atoms with van der Waals surface area (Å²) in [6.45, 7) is -0.622. The lowest BCUT2D eigenvalue weighted by atomic mass is 10.1. The fourth-order valence-corrected chi connectivity index (χ4v) is 1.72. The quantitative estimate of drug-likeness (QED) is 0.864. The lowest BCUT2D eigenvalue weighted by Gasteiger charge is -2.10. The van der Waals surface area contributed by atoms with Crippen molar-refractivity contribution in [3.05, 3.63) is 36.4 Å². The van der Waals surface area contributed by atoms with Crippen molar-refractivity contribution in [1.29, 1.82) is 0 Å². The van der Waals surface area contributed by atoms with Crippen molar-refractivity contribution in [2.45, 2.75) is 12.7 Å². The van der Waals surface area contributed by atoms with Crippen LogP contribution in [0, 0.1) is 5.82 Å². The summed E-state index contributed by atoms with van der Waals surface area (Å²) >= 11 is 0. The molecule has 0 aliphatic heterocycles. The first kappa shape index (κ1) is 15.3. The molecule has 2 N–H and O–H groups in total. The third-order valence-electron chi connectivity index (χ3n) is 2.65. The number of hydrogen-bond donors (Lipinski definition) is 1. The molecule has 1 heterocycles. The monoisotopic (exact) mass is 303 g/mol. The summed E-state index contributed by atoms with van der Waals surface area (Å²) in [5, 5.41) is 4.04. The zero-order chi connectivity index (χ0) is 15.5. The van der Waals surface area contributed by atoms with Gasteiger partial charge in [0.25, 0.3) is 0 Å². The molecular weight excluding hydrogens is 290 g/mol. The molecule has 0 amide bonds. The van der Waals surface area contributed by atoms with Gasteiger partial charge in [0.1, 0.15) is 0 Å². The highest BCUT2D eigenvalue weighted by atomic mass is 19.4. The summed E-state index contributed by atoms with van der Waals surface area (Å²) in [6.07, 6.45) is -1.32. The van der Waals surface area contributed by atoms with Crippen molar-refractivity contribution < 1.29 is 22.3 Å². The zero-order valence-electron chi connectivity index (χ0n) is 10.9. The third-order valence-corrected chi connectivity index (χ3v) is 2.65. The van der Waals surface area contributed by atoms with Crippen molar-refractivity contribution in [3.8, 4) is 16.9 Å². The molecule has 0 aliphatic rings. The number of benzene rings is 1. The molecule has 0 fully saturated rings. The molecule has 0 unspecified atom stereocenters. The van der Waals surface area contributed by atoms with Gasteiger partial charge in [0.15, 0.2) is 18.2 Å². The van der Waals surface area contributed by atoms with E-state index in [9.17, 15) is 17.6 Å². The molecule has 1 aromatic heterocycles. The fraction of sp³-hybridized carbons (Fsp3) is 0.308. The SMILES string of the molecule is NCCn1cc(-c2ccc(F)c(OCC(F)(F)F)c2)cn1. The Labute approximate surface area is 118 Å². The van der Waals surface area contributed by atoms with Gasteiger partial charge in [0.05, 0.1) is 12.7 Å². The second-order valence-corrected chi connectivity index (χ2v) is 4.33. The van der Waals surface area contributed by atoms with Gasteiger partial charge in [-0.15, -0.1) is 0 Å². The van der Waals surface area contributed by atoms with E-state index in [1.54, 1.807) is 10.9 Å². The highest BCUT2D eigenvalue weighted by Gasteiger charge is 2.29. The Bertz CT molecular complexity index is 610. The van der Waals surface area contributed by atoms with E-state index in [0.29, 0.717) is 24.2 Å². The number of hydrogen-bond acceptors (Lipinski definition) is 3. The van der Waals surface area contributed by atoms with Crippen LogP contribution in [0.15, 0.2) is 30.6 Å². The summed E-state index contributed by atoms with van der Waals surface area (Å²) < 4.78 is 55.9. The first-order valence-corrected chi connectivity index (χ1v) is 6.11. The molecule has 0 atom stereocenters. The largest absolute Gasteiger partial charge is 0.481 e. The Kier molecular flexibility index (Phi) is 4.46. The zero-order valence-corrected chi connectivity index (χ0v) is 10.9. The number of halogens is 4. The number of alkyl halides is 3. The van der Waals surface area contributed by atoms with Gasteiger partial charge in [-0.05, 0) is 17.7 Å². The van der Waals surface area contributed by atoms with Gasteiger partial charge >= 0.3 is 6.18 Å². The van der Waals surface area contributed by atoms with E-state index < -0.39 is 24.3 Å². The first-order valence-electron chi connectivity index (χ1n) is 6.11. The number of aromatic nitrogens is 2. The van der Waals surface area contributed by atoms with E-state index in [1.807, 2.05) is 0 Å². The van der Waals surface area contributed by atoms with Crippen LogP contribution in [0.4, 0.5) is 17.6 Å². The van der Waals surface area contributed by atoms with E-state index in [2.05, 4.69) is 9.84 Å². The molecule has 8 heteroatoms. The van der Waals surface area contributed by atoms with Gasteiger partial charge in [-0.2, -0.15) is 18.3 Å². The maximum atomic E-state index is 13.5. The summed E-state index contributed by atoms with van der Waals surface area (Å²) in [5.41, 5.74) is 6.55. The summed E-state index contributed by atoms with van der Waals surface area (Å²) in [5.74, 6) is -1.30. The molecule has 2 rings (SSSR count). The predicted octanol–water partition coefficient (Wildman–Crippen LogP) is 2.59. The highest BCUT2D eigenvalue weighted by molar-refractivity contribution is 5.63. The molecule has 4 nitrogen and oxygen atoms in total. The van der Waals surface area contributed by atoms with Crippen molar-refractivity contribution in [1.82, 2.24) is 9.78 Å². The first-order chi connectivity index (χ1) is 9.89. The van der Waals surface area contributed by atoms with E-state index in [4.69, 9.17) is 5.73 Å². The van der Waals surface area contributed by atoms with E-state index in [1.165, 1.54) is 18.3 Å². The fourth-order valence-electron chi connectivity index (χ4n) is 1.72. The molecule has 0 radical (unpaired) electrons. The third kappa shape index (κ3) is 4.19. The van der Waals surface area contributed by atoms with E-state index in [0.717, 1.165) is 6.07 Å². The average molecular weight is 303 g/mol. The molecule has 0 saturated carbocycles. The summed E-state index contributed by atoms with van der Waals surface area (Å²) in [4.78, 5) is 0. The predicted molar refractivity (Wildman–Crippen MR) is 68.2 cm³/mol. The minimum atomic E-state index is -4.52. The number of nitrogens with two attached hydrogens (primary N) is 1. The van der Waals surface area contributed by atoms with Crippen LogP contribution >= 0.6 is 0 Å². The van der Waals surface area contributed by atoms with Gasteiger partial charge in [0, 0.05) is 18.3 Å². The van der Waals surface area contributed by atoms with Gasteiger partial charge in [-0.25, -0.2) is 4.39 Å². The summed E-state index contributed by atoms with van der Waals surface area (Å²) in [6, 6.07) is 3.71. The molecule has 0 aliphatic carbocycles.